The van der Waals surface area contributed by atoms with Crippen molar-refractivity contribution in [1.29, 1.82) is 0 Å². The van der Waals surface area contributed by atoms with Crippen LogP contribution in [0.2, 0.25) is 0 Å². The quantitative estimate of drug-likeness (QED) is 0.448. The molecule has 1 nitrogen and oxygen atoms in total. The van der Waals surface area contributed by atoms with Crippen LogP contribution < -0.4 is 0 Å². The Morgan fingerprint density at radius 1 is 0.500 bits per heavy atom. The summed E-state index contributed by atoms with van der Waals surface area (Å²) in [5, 5.41) is 0. The molecule has 2 aromatic carbocycles. The standard InChI is InChI=1S/C8H10.C7H8.C6H7N.C2H6/c1-7-3-5-8(2)6-4-7;1-7-5-3-2-4-6-7;1-6-3-2-4-7-5-6;1-2/h3-6H,1-2H3;2-6H,1H3;2-5H,1H3;1-2H3. The summed E-state index contributed by atoms with van der Waals surface area (Å²) in [5.41, 5.74) is 5.19. The van der Waals surface area contributed by atoms with Crippen LogP contribution in [0.15, 0.2) is 79.1 Å². The van der Waals surface area contributed by atoms with Crippen LogP contribution in [0.1, 0.15) is 36.1 Å². The summed E-state index contributed by atoms with van der Waals surface area (Å²) in [4.78, 5) is 3.88. The molecule has 0 radical (unpaired) electrons. The minimum Gasteiger partial charge on any atom is -0.264 e. The van der Waals surface area contributed by atoms with Crippen LogP contribution in [-0.2, 0) is 0 Å². The third-order valence-electron chi connectivity index (χ3n) is 2.97. The van der Waals surface area contributed by atoms with Crippen LogP contribution in [0, 0.1) is 27.7 Å². The first-order valence-corrected chi connectivity index (χ1v) is 8.49. The lowest BCUT2D eigenvalue weighted by atomic mass is 10.2. The normalized spacial score (nSPS) is 8.42. The molecule has 0 N–H and O–H groups in total. The van der Waals surface area contributed by atoms with Crippen molar-refractivity contribution in [2.75, 3.05) is 0 Å². The number of rotatable bonds is 0. The van der Waals surface area contributed by atoms with Crippen LogP contribution in [-0.4, -0.2) is 4.98 Å². The molecular weight excluding hydrogens is 290 g/mol. The molecule has 0 amide bonds. The highest BCUT2D eigenvalue weighted by atomic mass is 14.6. The average Bonchev–Trinajstić information content (AvgIpc) is 2.62. The summed E-state index contributed by atoms with van der Waals surface area (Å²) in [7, 11) is 0. The molecule has 1 heteroatoms. The first-order chi connectivity index (χ1) is 11.6. The second-order valence-corrected chi connectivity index (χ2v) is 5.34. The van der Waals surface area contributed by atoms with Gasteiger partial charge in [0.05, 0.1) is 0 Å². The van der Waals surface area contributed by atoms with E-state index in [9.17, 15) is 0 Å². The fourth-order valence-corrected chi connectivity index (χ4v) is 1.62. The molecule has 0 aliphatic carbocycles. The molecule has 0 saturated heterocycles. The van der Waals surface area contributed by atoms with E-state index in [4.69, 9.17) is 0 Å². The van der Waals surface area contributed by atoms with E-state index in [1.54, 1.807) is 6.20 Å². The maximum atomic E-state index is 3.88. The summed E-state index contributed by atoms with van der Waals surface area (Å²) < 4.78 is 0. The van der Waals surface area contributed by atoms with Gasteiger partial charge in [-0.2, -0.15) is 0 Å². The molecule has 24 heavy (non-hydrogen) atoms. The van der Waals surface area contributed by atoms with E-state index in [-0.39, 0.29) is 0 Å². The van der Waals surface area contributed by atoms with Gasteiger partial charge in [0.25, 0.3) is 0 Å². The molecule has 128 valence electrons. The van der Waals surface area contributed by atoms with Crippen LogP contribution in [0.25, 0.3) is 0 Å². The monoisotopic (exact) mass is 321 g/mol. The summed E-state index contributed by atoms with van der Waals surface area (Å²) in [6.07, 6.45) is 3.60. The first kappa shape index (κ1) is 21.6. The molecule has 3 rings (SSSR count). The van der Waals surface area contributed by atoms with Crippen LogP contribution >= 0.6 is 0 Å². The van der Waals surface area contributed by atoms with Crippen LogP contribution in [0.5, 0.6) is 0 Å². The van der Waals surface area contributed by atoms with Crippen molar-refractivity contribution >= 4 is 0 Å². The molecule has 0 saturated carbocycles. The largest absolute Gasteiger partial charge is 0.264 e. The Hall–Kier alpha value is -2.41. The third kappa shape index (κ3) is 12.2. The molecule has 0 fully saturated rings. The van der Waals surface area contributed by atoms with E-state index in [1.807, 2.05) is 57.3 Å². The van der Waals surface area contributed by atoms with E-state index < -0.39 is 0 Å². The van der Waals surface area contributed by atoms with Gasteiger partial charge in [-0.15, -0.1) is 0 Å². The molecule has 0 unspecified atom stereocenters. The molecule has 0 bridgehead atoms. The van der Waals surface area contributed by atoms with Gasteiger partial charge in [-0.25, -0.2) is 0 Å². The number of pyridine rings is 1. The zero-order valence-corrected chi connectivity index (χ0v) is 16.0. The summed E-state index contributed by atoms with van der Waals surface area (Å²) >= 11 is 0. The van der Waals surface area contributed by atoms with E-state index >= 15 is 0 Å². The Balaban J connectivity index is 0.000000315. The van der Waals surface area contributed by atoms with Gasteiger partial charge in [-0.3, -0.25) is 4.98 Å². The predicted molar refractivity (Wildman–Crippen MR) is 107 cm³/mol. The van der Waals surface area contributed by atoms with E-state index in [0.717, 1.165) is 0 Å². The Morgan fingerprint density at radius 2 is 0.917 bits per heavy atom. The minimum atomic E-state index is 1.21. The number of aromatic nitrogens is 1. The fourth-order valence-electron chi connectivity index (χ4n) is 1.62. The molecule has 1 heterocycles. The highest BCUT2D eigenvalue weighted by Gasteiger charge is 1.79. The Labute approximate surface area is 148 Å². The van der Waals surface area contributed by atoms with E-state index in [0.29, 0.717) is 0 Å². The third-order valence-corrected chi connectivity index (χ3v) is 2.97. The molecular formula is C23H31N. The summed E-state index contributed by atoms with van der Waals surface area (Å²) in [5.74, 6) is 0. The van der Waals surface area contributed by atoms with Crippen molar-refractivity contribution in [1.82, 2.24) is 4.98 Å². The lowest BCUT2D eigenvalue weighted by Crippen LogP contribution is -1.70. The number of hydrogen-bond acceptors (Lipinski definition) is 1. The topological polar surface area (TPSA) is 12.9 Å². The van der Waals surface area contributed by atoms with Crippen molar-refractivity contribution in [3.05, 3.63) is 101 Å². The smallest absolute Gasteiger partial charge is 0.0297 e. The molecule has 0 atom stereocenters. The van der Waals surface area contributed by atoms with Gasteiger partial charge in [0.15, 0.2) is 0 Å². The number of nitrogens with zero attached hydrogens (tertiary/aromatic N) is 1. The lowest BCUT2D eigenvalue weighted by Gasteiger charge is -1.90. The Morgan fingerprint density at radius 3 is 1.17 bits per heavy atom. The van der Waals surface area contributed by atoms with Gasteiger partial charge in [0, 0.05) is 12.4 Å². The van der Waals surface area contributed by atoms with Crippen molar-refractivity contribution in [2.45, 2.75) is 41.5 Å². The highest BCUT2D eigenvalue weighted by Crippen LogP contribution is 1.99. The van der Waals surface area contributed by atoms with Gasteiger partial charge < -0.3 is 0 Å². The lowest BCUT2D eigenvalue weighted by molar-refractivity contribution is 1.27. The SMILES string of the molecule is CC.Cc1ccc(C)cc1.Cc1ccccc1.Cc1cccnc1. The average molecular weight is 322 g/mol. The molecule has 0 aliphatic rings. The molecule has 0 aliphatic heterocycles. The van der Waals surface area contributed by atoms with E-state index in [2.05, 4.69) is 62.2 Å². The highest BCUT2D eigenvalue weighted by molar-refractivity contribution is 5.19. The summed E-state index contributed by atoms with van der Waals surface area (Å²) in [6.45, 7) is 12.3. The van der Waals surface area contributed by atoms with Crippen molar-refractivity contribution < 1.29 is 0 Å². The number of benzene rings is 2. The van der Waals surface area contributed by atoms with Gasteiger partial charge in [-0.1, -0.05) is 91.2 Å². The molecule has 0 spiro atoms. The van der Waals surface area contributed by atoms with Crippen molar-refractivity contribution in [2.24, 2.45) is 0 Å². The van der Waals surface area contributed by atoms with Gasteiger partial charge >= 0.3 is 0 Å². The second kappa shape index (κ2) is 14.2. The van der Waals surface area contributed by atoms with Crippen molar-refractivity contribution in [3.63, 3.8) is 0 Å². The van der Waals surface area contributed by atoms with Crippen LogP contribution in [0.3, 0.4) is 0 Å². The van der Waals surface area contributed by atoms with Crippen LogP contribution in [0.4, 0.5) is 0 Å². The molecule has 3 aromatic rings. The minimum absolute atomic E-state index is 1.21. The fraction of sp³-hybridized carbons (Fsp3) is 0.261. The Kier molecular flexibility index (Phi) is 12.8. The first-order valence-electron chi connectivity index (χ1n) is 8.49. The van der Waals surface area contributed by atoms with Gasteiger partial charge in [0.2, 0.25) is 0 Å². The maximum Gasteiger partial charge on any atom is 0.0297 e. The van der Waals surface area contributed by atoms with E-state index in [1.165, 1.54) is 22.3 Å². The number of hydrogen-bond donors (Lipinski definition) is 0. The second-order valence-electron chi connectivity index (χ2n) is 5.34. The van der Waals surface area contributed by atoms with Crippen molar-refractivity contribution in [3.8, 4) is 0 Å². The zero-order valence-electron chi connectivity index (χ0n) is 16.0. The molecule has 1 aromatic heterocycles. The van der Waals surface area contributed by atoms with Gasteiger partial charge in [-0.05, 0) is 39.3 Å². The van der Waals surface area contributed by atoms with Gasteiger partial charge in [0.1, 0.15) is 0 Å². The zero-order chi connectivity index (χ0) is 18.2. The summed E-state index contributed by atoms with van der Waals surface area (Å²) in [6, 6.07) is 22.7. The Bertz CT molecular complexity index is 555. The predicted octanol–water partition coefficient (Wildman–Crippen LogP) is 6.71. The maximum absolute atomic E-state index is 3.88. The number of aryl methyl sites for hydroxylation is 4.